The second-order valence-corrected chi connectivity index (χ2v) is 13.5. The van der Waals surface area contributed by atoms with E-state index >= 15 is 0 Å². The number of aliphatic hydroxyl groups is 1. The van der Waals surface area contributed by atoms with Gasteiger partial charge in [-0.15, -0.1) is 6.58 Å². The minimum Gasteiger partial charge on any atom is -0.508 e. The van der Waals surface area contributed by atoms with E-state index in [9.17, 15) is 29.4 Å². The summed E-state index contributed by atoms with van der Waals surface area (Å²) in [4.78, 5) is 61.1. The number of hydrazine groups is 1. The summed E-state index contributed by atoms with van der Waals surface area (Å²) in [5, 5.41) is 23.3. The average molecular weight is 707 g/mol. The summed E-state index contributed by atoms with van der Waals surface area (Å²) in [5.74, 6) is -0.742. The normalized spacial score (nSPS) is 17.8. The van der Waals surface area contributed by atoms with Crippen molar-refractivity contribution in [1.29, 1.82) is 0 Å². The number of phenols is 1. The molecule has 6 rings (SSSR count). The second kappa shape index (κ2) is 15.8. The molecule has 272 valence electrons. The number of aromatic nitrogens is 1. The first-order chi connectivity index (χ1) is 25.1. The van der Waals surface area contributed by atoms with Gasteiger partial charge in [0.05, 0.1) is 24.2 Å². The van der Waals surface area contributed by atoms with Gasteiger partial charge < -0.3 is 29.5 Å². The van der Waals surface area contributed by atoms with Crippen LogP contribution in [-0.4, -0.2) is 115 Å². The third-order valence-corrected chi connectivity index (χ3v) is 9.94. The maximum absolute atomic E-state index is 14.6. The molecule has 0 spiro atoms. The fourth-order valence-corrected chi connectivity index (χ4v) is 7.44. The van der Waals surface area contributed by atoms with E-state index in [0.717, 1.165) is 27.6 Å². The molecular formula is C40H46N6O6. The Morgan fingerprint density at radius 2 is 1.75 bits per heavy atom. The Morgan fingerprint density at radius 3 is 2.46 bits per heavy atom. The van der Waals surface area contributed by atoms with Crippen LogP contribution in [0.2, 0.25) is 0 Å². The number of piperazine rings is 1. The minimum absolute atomic E-state index is 0.0136. The van der Waals surface area contributed by atoms with Crippen LogP contribution in [0, 0.1) is 0 Å². The molecule has 1 aromatic heterocycles. The topological polar surface area (TPSA) is 130 Å². The lowest BCUT2D eigenvalue weighted by Crippen LogP contribution is -2.75. The first kappa shape index (κ1) is 36.3. The second-order valence-electron chi connectivity index (χ2n) is 13.5. The summed E-state index contributed by atoms with van der Waals surface area (Å²) in [5.41, 5.74) is 3.92. The number of para-hydroxylation sites is 1. The molecule has 4 aromatic rings. The largest absolute Gasteiger partial charge is 0.508 e. The predicted octanol–water partition coefficient (Wildman–Crippen LogP) is 3.32. The molecule has 0 radical (unpaired) electrons. The Hall–Kier alpha value is -5.46. The molecule has 0 saturated carbocycles. The quantitative estimate of drug-likeness (QED) is 0.204. The van der Waals surface area contributed by atoms with Crippen molar-refractivity contribution in [2.75, 3.05) is 39.8 Å². The molecule has 4 amide bonds. The number of aliphatic hydroxyl groups excluding tert-OH is 1. The van der Waals surface area contributed by atoms with Gasteiger partial charge in [0.15, 0.2) is 0 Å². The molecule has 0 bridgehead atoms. The predicted molar refractivity (Wildman–Crippen MR) is 197 cm³/mol. The van der Waals surface area contributed by atoms with Crippen molar-refractivity contribution >= 4 is 34.5 Å². The van der Waals surface area contributed by atoms with Crippen LogP contribution in [0.1, 0.15) is 39.9 Å². The lowest BCUT2D eigenvalue weighted by Gasteiger charge is -2.55. The van der Waals surface area contributed by atoms with E-state index in [1.165, 1.54) is 0 Å². The standard InChI is InChI=1S/C40H46N6O6/c1-4-20-44-27-37(50)45-34(23-29-14-17-31(48)18-15-29)40(52)43(26-35(45)46(44)36(49)19-16-28-10-6-5-7-11-28)24-30-12-8-13-32-33(25-42(3)38(30)32)39(51)41(2)21-9-22-47/h4-8,10-15,17-18,25,34-35,47-48H,1,9,16,19-24,26-27H2,2-3H3/t34-,35-/m0/s1. The fraction of sp³-hybridized carbons (Fsp3) is 0.350. The summed E-state index contributed by atoms with van der Waals surface area (Å²) >= 11 is 0. The molecule has 3 aromatic carbocycles. The zero-order chi connectivity index (χ0) is 36.9. The maximum atomic E-state index is 14.6. The fourth-order valence-electron chi connectivity index (χ4n) is 7.44. The molecule has 12 nitrogen and oxygen atoms in total. The Morgan fingerprint density at radius 1 is 1.00 bits per heavy atom. The van der Waals surface area contributed by atoms with Gasteiger partial charge in [-0.2, -0.15) is 0 Å². The van der Waals surface area contributed by atoms with Crippen LogP contribution >= 0.6 is 0 Å². The Balaban J connectivity index is 1.37. The molecule has 2 fully saturated rings. The number of fused-ring (bicyclic) bond motifs is 2. The zero-order valence-electron chi connectivity index (χ0n) is 29.7. The molecule has 2 N–H and O–H groups in total. The van der Waals surface area contributed by atoms with Crippen molar-refractivity contribution in [1.82, 2.24) is 29.3 Å². The van der Waals surface area contributed by atoms with E-state index in [4.69, 9.17) is 0 Å². The Kier molecular flexibility index (Phi) is 11.1. The summed E-state index contributed by atoms with van der Waals surface area (Å²) in [6.07, 6.45) is 4.07. The third kappa shape index (κ3) is 7.44. The first-order valence-corrected chi connectivity index (χ1v) is 17.6. The summed E-state index contributed by atoms with van der Waals surface area (Å²) in [6.45, 7) is 4.74. The number of amides is 4. The van der Waals surface area contributed by atoms with Crippen LogP contribution in [0.3, 0.4) is 0 Å². The van der Waals surface area contributed by atoms with Gasteiger partial charge >= 0.3 is 0 Å². The lowest BCUT2D eigenvalue weighted by atomic mass is 9.97. The number of hydrogen-bond donors (Lipinski definition) is 2. The number of nitrogens with zero attached hydrogens (tertiary/aromatic N) is 6. The van der Waals surface area contributed by atoms with Crippen LogP contribution in [-0.2, 0) is 40.8 Å². The number of phenolic OH excluding ortho intramolecular Hbond substituents is 1. The van der Waals surface area contributed by atoms with E-state index in [2.05, 4.69) is 6.58 Å². The SMILES string of the molecule is C=CCN1CC(=O)N2[C@@H](Cc3ccc(O)cc3)C(=O)N(Cc3cccc4c(C(=O)N(C)CCCO)cn(C)c34)C[C@@H]2N1C(=O)CCc1ccccc1. The highest BCUT2D eigenvalue weighted by atomic mass is 16.3. The number of aromatic hydroxyl groups is 1. The smallest absolute Gasteiger partial charge is 0.255 e. The molecule has 12 heteroatoms. The Labute approximate surface area is 303 Å². The van der Waals surface area contributed by atoms with E-state index in [-0.39, 0.29) is 75.0 Å². The van der Waals surface area contributed by atoms with Gasteiger partial charge in [0.2, 0.25) is 17.7 Å². The van der Waals surface area contributed by atoms with E-state index < -0.39 is 12.2 Å². The number of hydrogen-bond acceptors (Lipinski definition) is 7. The highest BCUT2D eigenvalue weighted by Crippen LogP contribution is 2.32. The van der Waals surface area contributed by atoms with Crippen molar-refractivity contribution in [3.05, 3.63) is 114 Å². The number of carbonyl (C=O) groups excluding carboxylic acids is 4. The van der Waals surface area contributed by atoms with E-state index in [1.54, 1.807) is 68.3 Å². The van der Waals surface area contributed by atoms with Gasteiger partial charge in [0, 0.05) is 64.8 Å². The third-order valence-electron chi connectivity index (χ3n) is 9.94. The van der Waals surface area contributed by atoms with Crippen molar-refractivity contribution in [2.24, 2.45) is 7.05 Å². The first-order valence-electron chi connectivity index (χ1n) is 17.6. The molecule has 0 unspecified atom stereocenters. The van der Waals surface area contributed by atoms with Gasteiger partial charge in [0.25, 0.3) is 5.91 Å². The highest BCUT2D eigenvalue weighted by molar-refractivity contribution is 6.07. The average Bonchev–Trinajstić information content (AvgIpc) is 3.49. The summed E-state index contributed by atoms with van der Waals surface area (Å²) < 4.78 is 1.89. The number of carbonyl (C=O) groups is 4. The van der Waals surface area contributed by atoms with Gasteiger partial charge in [0.1, 0.15) is 18.0 Å². The van der Waals surface area contributed by atoms with Gasteiger partial charge in [-0.25, -0.2) is 10.0 Å². The number of rotatable bonds is 13. The van der Waals surface area contributed by atoms with Crippen molar-refractivity contribution in [3.63, 3.8) is 0 Å². The molecule has 0 aliphatic carbocycles. The van der Waals surface area contributed by atoms with Crippen molar-refractivity contribution in [3.8, 4) is 5.75 Å². The molecule has 3 heterocycles. The van der Waals surface area contributed by atoms with E-state index in [0.29, 0.717) is 24.9 Å². The molecule has 2 atom stereocenters. The molecule has 2 aliphatic rings. The van der Waals surface area contributed by atoms with Gasteiger partial charge in [-0.05, 0) is 41.7 Å². The van der Waals surface area contributed by atoms with Gasteiger partial charge in [-0.3, -0.25) is 19.2 Å². The van der Waals surface area contributed by atoms with E-state index in [1.807, 2.05) is 60.1 Å². The van der Waals surface area contributed by atoms with Crippen LogP contribution < -0.4 is 0 Å². The number of aryl methyl sites for hydroxylation is 2. The van der Waals surface area contributed by atoms with Crippen molar-refractivity contribution in [2.45, 2.75) is 44.4 Å². The Bertz CT molecular complexity index is 1940. The maximum Gasteiger partial charge on any atom is 0.255 e. The van der Waals surface area contributed by atoms with Crippen LogP contribution in [0.25, 0.3) is 10.9 Å². The highest BCUT2D eigenvalue weighted by Gasteiger charge is 2.51. The van der Waals surface area contributed by atoms with Crippen LogP contribution in [0.4, 0.5) is 0 Å². The van der Waals surface area contributed by atoms with Gasteiger partial charge in [-0.1, -0.05) is 66.7 Å². The molecule has 2 saturated heterocycles. The molecule has 52 heavy (non-hydrogen) atoms. The monoisotopic (exact) mass is 706 g/mol. The summed E-state index contributed by atoms with van der Waals surface area (Å²) in [6, 6.07) is 21.1. The molecular weight excluding hydrogens is 660 g/mol. The summed E-state index contributed by atoms with van der Waals surface area (Å²) in [7, 11) is 3.57. The van der Waals surface area contributed by atoms with Crippen LogP contribution in [0.15, 0.2) is 91.6 Å². The van der Waals surface area contributed by atoms with Crippen LogP contribution in [0.5, 0.6) is 5.75 Å². The van der Waals surface area contributed by atoms with Crippen molar-refractivity contribution < 1.29 is 29.4 Å². The number of benzene rings is 3. The lowest BCUT2D eigenvalue weighted by molar-refractivity contribution is -0.205. The minimum atomic E-state index is -0.906. The molecule has 2 aliphatic heterocycles. The zero-order valence-corrected chi connectivity index (χ0v) is 29.7.